The maximum Gasteiger partial charge on any atom is 0.410 e. The van der Waals surface area contributed by atoms with Gasteiger partial charge < -0.3 is 10.6 Å². The second kappa shape index (κ2) is 3.54. The summed E-state index contributed by atoms with van der Waals surface area (Å²) in [7, 11) is 0. The highest BCUT2D eigenvalue weighted by molar-refractivity contribution is 5.61. The molecule has 1 atom stereocenters. The zero-order chi connectivity index (χ0) is 12.0. The molecule has 0 saturated carbocycles. The number of halogens is 3. The van der Waals surface area contributed by atoms with E-state index in [-0.39, 0.29) is 6.42 Å². The Balaban J connectivity index is 2.06. The lowest BCUT2D eigenvalue weighted by Crippen LogP contribution is -2.34. The van der Waals surface area contributed by atoms with Gasteiger partial charge in [0.05, 0.1) is 0 Å². The number of rotatable bonds is 0. The Morgan fingerprint density at radius 3 is 2.82 bits per heavy atom. The third-order valence-electron chi connectivity index (χ3n) is 3.29. The second-order valence-electron chi connectivity index (χ2n) is 4.42. The minimum atomic E-state index is -4.23. The first-order valence-electron chi connectivity index (χ1n) is 5.73. The standard InChI is InChI=1S/C10H13F3N4/c11-10(12,13)7-3-5-15-9-6-2-1-4-14-8(6)16-17(7)9/h7,15H,1-5H2,(H,14,16). The van der Waals surface area contributed by atoms with Gasteiger partial charge in [-0.25, -0.2) is 4.68 Å². The Labute approximate surface area is 96.2 Å². The van der Waals surface area contributed by atoms with Crippen molar-refractivity contribution in [3.8, 4) is 0 Å². The lowest BCUT2D eigenvalue weighted by Gasteiger charge is -2.27. The predicted octanol–water partition coefficient (Wildman–Crippen LogP) is 2.16. The maximum atomic E-state index is 12.9. The Bertz CT molecular complexity index is 437. The van der Waals surface area contributed by atoms with Crippen LogP contribution in [0, 0.1) is 0 Å². The van der Waals surface area contributed by atoms with Crippen LogP contribution < -0.4 is 10.6 Å². The molecule has 0 aromatic carbocycles. The van der Waals surface area contributed by atoms with Gasteiger partial charge in [-0.05, 0) is 19.3 Å². The van der Waals surface area contributed by atoms with Crippen molar-refractivity contribution in [2.45, 2.75) is 31.5 Å². The van der Waals surface area contributed by atoms with Crippen LogP contribution in [0.2, 0.25) is 0 Å². The van der Waals surface area contributed by atoms with Crippen molar-refractivity contribution in [3.05, 3.63) is 5.56 Å². The van der Waals surface area contributed by atoms with Crippen molar-refractivity contribution in [1.82, 2.24) is 9.78 Å². The first kappa shape index (κ1) is 10.7. The molecule has 3 heterocycles. The number of fused-ring (bicyclic) bond motifs is 3. The highest BCUT2D eigenvalue weighted by Crippen LogP contribution is 2.41. The van der Waals surface area contributed by atoms with Crippen LogP contribution in [0.3, 0.4) is 0 Å². The molecule has 7 heteroatoms. The van der Waals surface area contributed by atoms with Gasteiger partial charge in [0.25, 0.3) is 0 Å². The fraction of sp³-hybridized carbons (Fsp3) is 0.700. The SMILES string of the molecule is FC(F)(F)C1CCNc2c3c(nn21)NCCC3. The van der Waals surface area contributed by atoms with Gasteiger partial charge in [0.2, 0.25) is 0 Å². The highest BCUT2D eigenvalue weighted by Gasteiger charge is 2.44. The molecule has 0 aliphatic carbocycles. The fourth-order valence-electron chi connectivity index (χ4n) is 2.48. The van der Waals surface area contributed by atoms with E-state index in [2.05, 4.69) is 15.7 Å². The Morgan fingerprint density at radius 2 is 2.06 bits per heavy atom. The average Bonchev–Trinajstić information content (AvgIpc) is 2.65. The lowest BCUT2D eigenvalue weighted by molar-refractivity contribution is -0.171. The Hall–Kier alpha value is -1.40. The van der Waals surface area contributed by atoms with Gasteiger partial charge in [0.15, 0.2) is 11.9 Å². The van der Waals surface area contributed by atoms with Gasteiger partial charge >= 0.3 is 6.18 Å². The van der Waals surface area contributed by atoms with Gasteiger partial charge in [-0.15, -0.1) is 0 Å². The van der Waals surface area contributed by atoms with Gasteiger partial charge in [-0.2, -0.15) is 18.3 Å². The minimum absolute atomic E-state index is 0.0388. The first-order valence-corrected chi connectivity index (χ1v) is 5.73. The van der Waals surface area contributed by atoms with Crippen molar-refractivity contribution in [2.24, 2.45) is 0 Å². The normalized spacial score (nSPS) is 23.4. The lowest BCUT2D eigenvalue weighted by atomic mass is 10.1. The molecule has 0 saturated heterocycles. The number of aromatic nitrogens is 2. The zero-order valence-corrected chi connectivity index (χ0v) is 9.14. The summed E-state index contributed by atoms with van der Waals surface area (Å²) in [6.07, 6.45) is -2.47. The van der Waals surface area contributed by atoms with Crippen molar-refractivity contribution in [2.75, 3.05) is 23.7 Å². The third-order valence-corrected chi connectivity index (χ3v) is 3.29. The quantitative estimate of drug-likeness (QED) is 0.737. The van der Waals surface area contributed by atoms with E-state index >= 15 is 0 Å². The minimum Gasteiger partial charge on any atom is -0.370 e. The molecule has 4 nitrogen and oxygen atoms in total. The van der Waals surface area contributed by atoms with Gasteiger partial charge in [0, 0.05) is 18.7 Å². The van der Waals surface area contributed by atoms with Gasteiger partial charge in [-0.1, -0.05) is 0 Å². The van der Waals surface area contributed by atoms with E-state index in [4.69, 9.17) is 0 Å². The van der Waals surface area contributed by atoms with Gasteiger partial charge in [-0.3, -0.25) is 0 Å². The van der Waals surface area contributed by atoms with Gasteiger partial charge in [0.1, 0.15) is 5.82 Å². The predicted molar refractivity (Wildman–Crippen MR) is 57.2 cm³/mol. The smallest absolute Gasteiger partial charge is 0.370 e. The monoisotopic (exact) mass is 246 g/mol. The average molecular weight is 246 g/mol. The molecule has 2 aliphatic heterocycles. The number of alkyl halides is 3. The Kier molecular flexibility index (Phi) is 2.24. The maximum absolute atomic E-state index is 12.9. The molecule has 1 unspecified atom stereocenters. The van der Waals surface area contributed by atoms with Crippen LogP contribution in [0.15, 0.2) is 0 Å². The molecule has 1 aromatic heterocycles. The highest BCUT2D eigenvalue weighted by atomic mass is 19.4. The molecule has 0 amide bonds. The third kappa shape index (κ3) is 1.64. The van der Waals surface area contributed by atoms with Crippen molar-refractivity contribution in [1.29, 1.82) is 0 Å². The van der Waals surface area contributed by atoms with E-state index in [9.17, 15) is 13.2 Å². The number of hydrogen-bond donors (Lipinski definition) is 2. The molecular formula is C10H13F3N4. The topological polar surface area (TPSA) is 41.9 Å². The summed E-state index contributed by atoms with van der Waals surface area (Å²) in [4.78, 5) is 0. The second-order valence-corrected chi connectivity index (χ2v) is 4.42. The molecule has 3 rings (SSSR count). The molecular weight excluding hydrogens is 233 g/mol. The molecule has 0 bridgehead atoms. The van der Waals surface area contributed by atoms with E-state index in [1.807, 2.05) is 0 Å². The number of nitrogens with one attached hydrogen (secondary N) is 2. The summed E-state index contributed by atoms with van der Waals surface area (Å²) in [5.41, 5.74) is 0.894. The first-order chi connectivity index (χ1) is 8.07. The van der Waals surface area contributed by atoms with Crippen LogP contribution in [0.4, 0.5) is 24.8 Å². The van der Waals surface area contributed by atoms with Crippen LogP contribution in [-0.4, -0.2) is 29.0 Å². The number of nitrogens with zero attached hydrogens (tertiary/aromatic N) is 2. The number of hydrogen-bond acceptors (Lipinski definition) is 3. The largest absolute Gasteiger partial charge is 0.410 e. The van der Waals surface area contributed by atoms with Crippen molar-refractivity contribution < 1.29 is 13.2 Å². The molecule has 2 N–H and O–H groups in total. The van der Waals surface area contributed by atoms with E-state index in [1.54, 1.807) is 0 Å². The van der Waals surface area contributed by atoms with E-state index in [1.165, 1.54) is 0 Å². The van der Waals surface area contributed by atoms with E-state index < -0.39 is 12.2 Å². The van der Waals surface area contributed by atoms with E-state index in [0.717, 1.165) is 29.6 Å². The fourth-order valence-corrected chi connectivity index (χ4v) is 2.48. The summed E-state index contributed by atoms with van der Waals surface area (Å²) in [5, 5.41) is 10.1. The van der Waals surface area contributed by atoms with Crippen LogP contribution >= 0.6 is 0 Å². The Morgan fingerprint density at radius 1 is 1.24 bits per heavy atom. The summed E-state index contributed by atoms with van der Waals surface area (Å²) in [6.45, 7) is 1.13. The molecule has 0 fully saturated rings. The van der Waals surface area contributed by atoms with Crippen LogP contribution in [0.5, 0.6) is 0 Å². The number of anilines is 2. The van der Waals surface area contributed by atoms with Crippen molar-refractivity contribution in [3.63, 3.8) is 0 Å². The summed E-state index contributed by atoms with van der Waals surface area (Å²) >= 11 is 0. The molecule has 0 radical (unpaired) electrons. The molecule has 0 spiro atoms. The molecule has 2 aliphatic rings. The molecule has 94 valence electrons. The van der Waals surface area contributed by atoms with Crippen LogP contribution in [-0.2, 0) is 6.42 Å². The molecule has 17 heavy (non-hydrogen) atoms. The summed E-state index contributed by atoms with van der Waals surface area (Å²) in [6, 6.07) is -1.49. The zero-order valence-electron chi connectivity index (χ0n) is 9.14. The molecule has 1 aromatic rings. The van der Waals surface area contributed by atoms with Crippen molar-refractivity contribution >= 4 is 11.6 Å². The van der Waals surface area contributed by atoms with Crippen LogP contribution in [0.25, 0.3) is 0 Å². The summed E-state index contributed by atoms with van der Waals surface area (Å²) < 4.78 is 39.7. The van der Waals surface area contributed by atoms with Crippen LogP contribution in [0.1, 0.15) is 24.4 Å². The van der Waals surface area contributed by atoms with E-state index in [0.29, 0.717) is 18.2 Å². The summed E-state index contributed by atoms with van der Waals surface area (Å²) in [5.74, 6) is 1.15.